The van der Waals surface area contributed by atoms with E-state index in [0.717, 1.165) is 12.1 Å². The molecule has 0 saturated heterocycles. The summed E-state index contributed by atoms with van der Waals surface area (Å²) in [7, 11) is 1.83. The summed E-state index contributed by atoms with van der Waals surface area (Å²) in [5, 5.41) is 2.72. The molecular formula is C18H26N2O2. The van der Waals surface area contributed by atoms with Crippen LogP contribution < -0.4 is 5.32 Å². The fourth-order valence-corrected chi connectivity index (χ4v) is 3.01. The molecule has 0 atom stereocenters. The van der Waals surface area contributed by atoms with Crippen molar-refractivity contribution < 1.29 is 9.59 Å². The summed E-state index contributed by atoms with van der Waals surface area (Å²) in [5.74, 6) is 0.514. The van der Waals surface area contributed by atoms with Gasteiger partial charge in [0.05, 0.1) is 13.0 Å². The van der Waals surface area contributed by atoms with Crippen LogP contribution in [0.15, 0.2) is 30.3 Å². The molecule has 1 aromatic carbocycles. The molecule has 22 heavy (non-hydrogen) atoms. The topological polar surface area (TPSA) is 49.4 Å². The van der Waals surface area contributed by atoms with E-state index in [9.17, 15) is 9.59 Å². The summed E-state index contributed by atoms with van der Waals surface area (Å²) >= 11 is 0. The molecule has 0 bridgehead atoms. The van der Waals surface area contributed by atoms with Gasteiger partial charge in [-0.05, 0) is 24.3 Å². The highest BCUT2D eigenvalue weighted by atomic mass is 16.2. The minimum absolute atomic E-state index is 0.00742. The molecule has 4 nitrogen and oxygen atoms in total. The van der Waals surface area contributed by atoms with Gasteiger partial charge in [0.1, 0.15) is 0 Å². The van der Waals surface area contributed by atoms with Gasteiger partial charge in [-0.25, -0.2) is 0 Å². The number of hydrogen-bond acceptors (Lipinski definition) is 2. The Labute approximate surface area is 132 Å². The lowest BCUT2D eigenvalue weighted by molar-refractivity contribution is -0.132. The van der Waals surface area contributed by atoms with E-state index in [2.05, 4.69) is 5.32 Å². The zero-order chi connectivity index (χ0) is 15.8. The second kappa shape index (κ2) is 8.57. The molecule has 0 unspecified atom stereocenters. The summed E-state index contributed by atoms with van der Waals surface area (Å²) < 4.78 is 0. The lowest BCUT2D eigenvalue weighted by atomic mass is 9.89. The van der Waals surface area contributed by atoms with Crippen molar-refractivity contribution in [3.8, 4) is 0 Å². The number of carbonyl (C=O) groups excluding carboxylic acids is 2. The van der Waals surface area contributed by atoms with Crippen molar-refractivity contribution in [3.05, 3.63) is 35.9 Å². The molecule has 1 saturated carbocycles. The van der Waals surface area contributed by atoms with Crippen LogP contribution in [0, 0.1) is 5.92 Å². The Morgan fingerprint density at radius 1 is 1.14 bits per heavy atom. The third-order valence-corrected chi connectivity index (χ3v) is 4.33. The minimum Gasteiger partial charge on any atom is -0.347 e. The molecule has 1 fully saturated rings. The molecule has 0 radical (unpaired) electrons. The average molecular weight is 302 g/mol. The van der Waals surface area contributed by atoms with Crippen LogP contribution in [0.2, 0.25) is 0 Å². The van der Waals surface area contributed by atoms with Gasteiger partial charge in [-0.15, -0.1) is 0 Å². The van der Waals surface area contributed by atoms with Crippen molar-refractivity contribution in [3.63, 3.8) is 0 Å². The molecule has 0 heterocycles. The second-order valence-electron chi connectivity index (χ2n) is 6.22. The van der Waals surface area contributed by atoms with Crippen LogP contribution in [0.5, 0.6) is 0 Å². The van der Waals surface area contributed by atoms with Gasteiger partial charge >= 0.3 is 0 Å². The molecule has 1 aromatic rings. The molecule has 1 N–H and O–H groups in total. The number of amides is 2. The maximum Gasteiger partial charge on any atom is 0.241 e. The quantitative estimate of drug-likeness (QED) is 0.877. The average Bonchev–Trinajstić information content (AvgIpc) is 2.54. The van der Waals surface area contributed by atoms with Crippen molar-refractivity contribution in [2.45, 2.75) is 38.5 Å². The van der Waals surface area contributed by atoms with Gasteiger partial charge in [0.15, 0.2) is 0 Å². The molecule has 4 heteroatoms. The van der Waals surface area contributed by atoms with E-state index in [-0.39, 0.29) is 18.4 Å². The summed E-state index contributed by atoms with van der Waals surface area (Å²) in [4.78, 5) is 25.7. The number of benzene rings is 1. The van der Waals surface area contributed by atoms with Crippen LogP contribution in [0.4, 0.5) is 0 Å². The Hall–Kier alpha value is -1.84. The van der Waals surface area contributed by atoms with Crippen molar-refractivity contribution in [1.82, 2.24) is 10.2 Å². The Kier molecular flexibility index (Phi) is 6.44. The van der Waals surface area contributed by atoms with Crippen LogP contribution in [0.25, 0.3) is 0 Å². The van der Waals surface area contributed by atoms with Crippen molar-refractivity contribution >= 4 is 11.8 Å². The largest absolute Gasteiger partial charge is 0.347 e. The zero-order valence-corrected chi connectivity index (χ0v) is 13.4. The number of nitrogens with one attached hydrogen (secondary N) is 1. The number of carbonyl (C=O) groups is 2. The molecule has 120 valence electrons. The van der Waals surface area contributed by atoms with E-state index in [0.29, 0.717) is 12.3 Å². The summed E-state index contributed by atoms with van der Waals surface area (Å²) in [6.45, 7) is 0.905. The SMILES string of the molecule is CN(CC1CCCCC1)C(=O)CNC(=O)Cc1ccccc1. The van der Waals surface area contributed by atoms with E-state index >= 15 is 0 Å². The van der Waals surface area contributed by atoms with Gasteiger partial charge in [0.25, 0.3) is 0 Å². The maximum absolute atomic E-state index is 12.1. The van der Waals surface area contributed by atoms with E-state index in [1.807, 2.05) is 37.4 Å². The van der Waals surface area contributed by atoms with Crippen molar-refractivity contribution in [2.24, 2.45) is 5.92 Å². The highest BCUT2D eigenvalue weighted by Gasteiger charge is 2.18. The number of likely N-dealkylation sites (N-methyl/N-ethyl adjacent to an activating group) is 1. The lowest BCUT2D eigenvalue weighted by Gasteiger charge is -2.27. The van der Waals surface area contributed by atoms with Crippen LogP contribution in [0.3, 0.4) is 0 Å². The van der Waals surface area contributed by atoms with Crippen molar-refractivity contribution in [2.75, 3.05) is 20.1 Å². The van der Waals surface area contributed by atoms with Gasteiger partial charge in [-0.1, -0.05) is 49.6 Å². The molecule has 1 aliphatic carbocycles. The number of nitrogens with zero attached hydrogens (tertiary/aromatic N) is 1. The first-order chi connectivity index (χ1) is 10.6. The first-order valence-electron chi connectivity index (χ1n) is 8.19. The standard InChI is InChI=1S/C18H26N2O2/c1-20(14-16-10-6-3-7-11-16)18(22)13-19-17(21)12-15-8-4-2-5-9-15/h2,4-5,8-9,16H,3,6-7,10-14H2,1H3,(H,19,21). The Balaban J connectivity index is 1.68. The Morgan fingerprint density at radius 3 is 2.50 bits per heavy atom. The third-order valence-electron chi connectivity index (χ3n) is 4.33. The molecule has 0 spiro atoms. The smallest absolute Gasteiger partial charge is 0.241 e. The van der Waals surface area contributed by atoms with Gasteiger partial charge in [-0.2, -0.15) is 0 Å². The molecule has 1 aliphatic rings. The van der Waals surface area contributed by atoms with Crippen LogP contribution in [0.1, 0.15) is 37.7 Å². The first kappa shape index (κ1) is 16.5. The van der Waals surface area contributed by atoms with E-state index < -0.39 is 0 Å². The lowest BCUT2D eigenvalue weighted by Crippen LogP contribution is -2.40. The van der Waals surface area contributed by atoms with Crippen molar-refractivity contribution in [1.29, 1.82) is 0 Å². The van der Waals surface area contributed by atoms with E-state index in [1.54, 1.807) is 4.90 Å². The second-order valence-corrected chi connectivity index (χ2v) is 6.22. The predicted molar refractivity (Wildman–Crippen MR) is 87.4 cm³/mol. The van der Waals surface area contributed by atoms with Gasteiger partial charge in [0.2, 0.25) is 11.8 Å². The van der Waals surface area contributed by atoms with Crippen LogP contribution in [-0.4, -0.2) is 36.9 Å². The van der Waals surface area contributed by atoms with E-state index in [4.69, 9.17) is 0 Å². The van der Waals surface area contributed by atoms with Gasteiger partial charge in [0, 0.05) is 13.6 Å². The van der Waals surface area contributed by atoms with E-state index in [1.165, 1.54) is 32.1 Å². The summed E-state index contributed by atoms with van der Waals surface area (Å²) in [6.07, 6.45) is 6.64. The molecular weight excluding hydrogens is 276 g/mol. The highest BCUT2D eigenvalue weighted by molar-refractivity contribution is 5.85. The Morgan fingerprint density at radius 2 is 1.82 bits per heavy atom. The van der Waals surface area contributed by atoms with Gasteiger partial charge < -0.3 is 10.2 Å². The predicted octanol–water partition coefficient (Wildman–Crippen LogP) is 2.38. The molecule has 2 amide bonds. The van der Waals surface area contributed by atoms with Crippen LogP contribution in [-0.2, 0) is 16.0 Å². The Bertz CT molecular complexity index is 481. The fraction of sp³-hybridized carbons (Fsp3) is 0.556. The maximum atomic E-state index is 12.1. The highest BCUT2D eigenvalue weighted by Crippen LogP contribution is 2.23. The van der Waals surface area contributed by atoms with Gasteiger partial charge in [-0.3, -0.25) is 9.59 Å². The fourth-order valence-electron chi connectivity index (χ4n) is 3.01. The summed E-state index contributed by atoms with van der Waals surface area (Å²) in [6, 6.07) is 9.57. The molecule has 0 aromatic heterocycles. The normalized spacial score (nSPS) is 15.3. The molecule has 2 rings (SSSR count). The number of rotatable bonds is 6. The zero-order valence-electron chi connectivity index (χ0n) is 13.4. The number of hydrogen-bond donors (Lipinski definition) is 1. The van der Waals surface area contributed by atoms with Crippen LogP contribution >= 0.6 is 0 Å². The monoisotopic (exact) mass is 302 g/mol. The first-order valence-corrected chi connectivity index (χ1v) is 8.19. The third kappa shape index (κ3) is 5.51. The molecule has 0 aliphatic heterocycles. The minimum atomic E-state index is -0.106. The summed E-state index contributed by atoms with van der Waals surface area (Å²) in [5.41, 5.74) is 0.961.